The Labute approximate surface area is 115 Å². The number of hydrogen-bond acceptors (Lipinski definition) is 4. The number of nitrogens with zero attached hydrogens (tertiary/aromatic N) is 1. The highest BCUT2D eigenvalue weighted by atomic mass is 16.5. The van der Waals surface area contributed by atoms with Crippen molar-refractivity contribution in [3.8, 4) is 23.3 Å². The first-order valence-electron chi connectivity index (χ1n) is 5.74. The van der Waals surface area contributed by atoms with Crippen molar-refractivity contribution in [2.45, 2.75) is 0 Å². The van der Waals surface area contributed by atoms with E-state index in [0.29, 0.717) is 17.1 Å². The van der Waals surface area contributed by atoms with E-state index in [9.17, 15) is 4.79 Å². The topological polar surface area (TPSA) is 79.6 Å². The number of ether oxygens (including phenoxy) is 2. The maximum Gasteiger partial charge on any atom is 0.339 e. The Bertz CT molecular complexity index is 689. The largest absolute Gasteiger partial charge is 0.497 e. The van der Waals surface area contributed by atoms with Gasteiger partial charge in [-0.05, 0) is 24.3 Å². The van der Waals surface area contributed by atoms with Crippen molar-refractivity contribution in [3.63, 3.8) is 0 Å². The monoisotopic (exact) mass is 269 g/mol. The van der Waals surface area contributed by atoms with E-state index in [0.717, 1.165) is 0 Å². The number of rotatable bonds is 4. The minimum atomic E-state index is -1.11. The van der Waals surface area contributed by atoms with E-state index in [4.69, 9.17) is 19.8 Å². The van der Waals surface area contributed by atoms with Crippen molar-refractivity contribution in [3.05, 3.63) is 53.6 Å². The molecule has 0 amide bonds. The molecular weight excluding hydrogens is 258 g/mol. The molecule has 5 heteroatoms. The van der Waals surface area contributed by atoms with Crippen molar-refractivity contribution in [1.29, 1.82) is 5.26 Å². The predicted octanol–water partition coefficient (Wildman–Crippen LogP) is 3.06. The van der Waals surface area contributed by atoms with E-state index in [-0.39, 0.29) is 11.3 Å². The molecule has 1 N–H and O–H groups in total. The Hall–Kier alpha value is -3.00. The van der Waals surface area contributed by atoms with Gasteiger partial charge in [0.2, 0.25) is 0 Å². The number of carboxylic acid groups (broad SMARTS) is 1. The summed E-state index contributed by atoms with van der Waals surface area (Å²) in [7, 11) is 1.47. The third-order valence-electron chi connectivity index (χ3n) is 2.65. The normalized spacial score (nSPS) is 9.60. The molecule has 0 spiro atoms. The molecule has 2 aromatic carbocycles. The maximum absolute atomic E-state index is 11.2. The van der Waals surface area contributed by atoms with Gasteiger partial charge in [0, 0.05) is 6.07 Å². The zero-order valence-corrected chi connectivity index (χ0v) is 10.7. The third kappa shape index (κ3) is 2.70. The van der Waals surface area contributed by atoms with Crippen LogP contribution in [0.25, 0.3) is 0 Å². The summed E-state index contributed by atoms with van der Waals surface area (Å²) in [6, 6.07) is 13.0. The average Bonchev–Trinajstić information content (AvgIpc) is 2.47. The standard InChI is InChI=1S/C15H11NO4/c1-19-11-6-7-12(15(17)18)14(8-11)20-13-5-3-2-4-10(13)9-16/h2-8H,1H3,(H,17,18). The van der Waals surface area contributed by atoms with Gasteiger partial charge in [-0.3, -0.25) is 0 Å². The van der Waals surface area contributed by atoms with Crippen LogP contribution < -0.4 is 9.47 Å². The molecule has 0 radical (unpaired) electrons. The molecule has 2 rings (SSSR count). The van der Waals surface area contributed by atoms with Gasteiger partial charge >= 0.3 is 5.97 Å². The first-order chi connectivity index (χ1) is 9.65. The molecule has 2 aromatic rings. The lowest BCUT2D eigenvalue weighted by molar-refractivity contribution is 0.0694. The zero-order valence-electron chi connectivity index (χ0n) is 10.7. The second kappa shape index (κ2) is 5.76. The van der Waals surface area contributed by atoms with Crippen molar-refractivity contribution in [1.82, 2.24) is 0 Å². The lowest BCUT2D eigenvalue weighted by Crippen LogP contribution is -2.01. The summed E-state index contributed by atoms with van der Waals surface area (Å²) in [5.41, 5.74) is 0.324. The highest BCUT2D eigenvalue weighted by Gasteiger charge is 2.14. The van der Waals surface area contributed by atoms with E-state index >= 15 is 0 Å². The number of hydrogen-bond donors (Lipinski definition) is 1. The Morgan fingerprint density at radius 3 is 2.60 bits per heavy atom. The second-order valence-electron chi connectivity index (χ2n) is 3.88. The van der Waals surface area contributed by atoms with Crippen LogP contribution in [-0.2, 0) is 0 Å². The first-order valence-corrected chi connectivity index (χ1v) is 5.74. The lowest BCUT2D eigenvalue weighted by atomic mass is 10.2. The van der Waals surface area contributed by atoms with Gasteiger partial charge in [-0.25, -0.2) is 4.79 Å². The summed E-state index contributed by atoms with van der Waals surface area (Å²) in [5.74, 6) is -0.221. The number of carboxylic acids is 1. The lowest BCUT2D eigenvalue weighted by Gasteiger charge is -2.11. The summed E-state index contributed by atoms with van der Waals surface area (Å²) >= 11 is 0. The predicted molar refractivity (Wildman–Crippen MR) is 71.2 cm³/mol. The minimum absolute atomic E-state index is 0.00135. The molecule has 0 bridgehead atoms. The maximum atomic E-state index is 11.2. The van der Waals surface area contributed by atoms with Gasteiger partial charge in [-0.2, -0.15) is 5.26 Å². The molecule has 0 aliphatic heterocycles. The van der Waals surface area contributed by atoms with Crippen molar-refractivity contribution in [2.75, 3.05) is 7.11 Å². The number of benzene rings is 2. The summed E-state index contributed by atoms with van der Waals surface area (Å²) in [6.07, 6.45) is 0. The van der Waals surface area contributed by atoms with Gasteiger partial charge in [-0.1, -0.05) is 12.1 Å². The number of aromatic carboxylic acids is 1. The smallest absolute Gasteiger partial charge is 0.339 e. The van der Waals surface area contributed by atoms with Crippen LogP contribution in [0.2, 0.25) is 0 Å². The van der Waals surface area contributed by atoms with Gasteiger partial charge in [0.15, 0.2) is 0 Å². The van der Waals surface area contributed by atoms with Gasteiger partial charge < -0.3 is 14.6 Å². The highest BCUT2D eigenvalue weighted by Crippen LogP contribution is 2.31. The highest BCUT2D eigenvalue weighted by molar-refractivity contribution is 5.91. The molecule has 0 unspecified atom stereocenters. The van der Waals surface area contributed by atoms with Crippen LogP contribution in [-0.4, -0.2) is 18.2 Å². The number of nitriles is 1. The van der Waals surface area contributed by atoms with Crippen LogP contribution in [0, 0.1) is 11.3 Å². The van der Waals surface area contributed by atoms with Crippen LogP contribution >= 0.6 is 0 Å². The van der Waals surface area contributed by atoms with E-state index in [1.165, 1.54) is 25.3 Å². The molecule has 0 aromatic heterocycles. The molecule has 0 atom stereocenters. The van der Waals surface area contributed by atoms with E-state index in [2.05, 4.69) is 0 Å². The SMILES string of the molecule is COc1ccc(C(=O)O)c(Oc2ccccc2C#N)c1. The van der Waals surface area contributed by atoms with E-state index < -0.39 is 5.97 Å². The fraction of sp³-hybridized carbons (Fsp3) is 0.0667. The molecule has 20 heavy (non-hydrogen) atoms. The number of para-hydroxylation sites is 1. The minimum Gasteiger partial charge on any atom is -0.497 e. The quantitative estimate of drug-likeness (QED) is 0.922. The van der Waals surface area contributed by atoms with Crippen LogP contribution in [0.4, 0.5) is 0 Å². The molecule has 0 fully saturated rings. The molecule has 0 saturated heterocycles. The molecular formula is C15H11NO4. The van der Waals surface area contributed by atoms with Crippen molar-refractivity contribution >= 4 is 5.97 Å². The van der Waals surface area contributed by atoms with Gasteiger partial charge in [0.05, 0.1) is 12.7 Å². The van der Waals surface area contributed by atoms with E-state index in [1.807, 2.05) is 6.07 Å². The van der Waals surface area contributed by atoms with Crippen LogP contribution in [0.5, 0.6) is 17.2 Å². The van der Waals surface area contributed by atoms with Crippen molar-refractivity contribution < 1.29 is 19.4 Å². The molecule has 0 aliphatic carbocycles. The first kappa shape index (κ1) is 13.4. The van der Waals surface area contributed by atoms with Crippen LogP contribution in [0.15, 0.2) is 42.5 Å². The fourth-order valence-electron chi connectivity index (χ4n) is 1.66. The Kier molecular flexibility index (Phi) is 3.87. The summed E-state index contributed by atoms with van der Waals surface area (Å²) < 4.78 is 10.6. The molecule has 0 aliphatic rings. The van der Waals surface area contributed by atoms with Gasteiger partial charge in [-0.15, -0.1) is 0 Å². The molecule has 100 valence electrons. The Balaban J connectivity index is 2.46. The average molecular weight is 269 g/mol. The van der Waals surface area contributed by atoms with Gasteiger partial charge in [0.1, 0.15) is 28.9 Å². The summed E-state index contributed by atoms with van der Waals surface area (Å²) in [6.45, 7) is 0. The summed E-state index contributed by atoms with van der Waals surface area (Å²) in [5, 5.41) is 18.2. The number of carbonyl (C=O) groups is 1. The number of methoxy groups -OCH3 is 1. The fourth-order valence-corrected chi connectivity index (χ4v) is 1.66. The zero-order chi connectivity index (χ0) is 14.5. The Morgan fingerprint density at radius 2 is 1.95 bits per heavy atom. The van der Waals surface area contributed by atoms with Crippen LogP contribution in [0.3, 0.4) is 0 Å². The molecule has 0 saturated carbocycles. The molecule has 5 nitrogen and oxygen atoms in total. The Morgan fingerprint density at radius 1 is 1.20 bits per heavy atom. The van der Waals surface area contributed by atoms with Crippen molar-refractivity contribution in [2.24, 2.45) is 0 Å². The third-order valence-corrected chi connectivity index (χ3v) is 2.65. The summed E-state index contributed by atoms with van der Waals surface area (Å²) in [4.78, 5) is 11.2. The van der Waals surface area contributed by atoms with Crippen LogP contribution in [0.1, 0.15) is 15.9 Å². The van der Waals surface area contributed by atoms with Gasteiger partial charge in [0.25, 0.3) is 0 Å². The molecule has 0 heterocycles. The van der Waals surface area contributed by atoms with E-state index in [1.54, 1.807) is 24.3 Å². The second-order valence-corrected chi connectivity index (χ2v) is 3.88.